The number of hydrogen-bond donors (Lipinski definition) is 0. The fourth-order valence-electron chi connectivity index (χ4n) is 6.48. The maximum Gasteiger partial charge on any atom is 0.288 e. The van der Waals surface area contributed by atoms with Crippen LogP contribution in [0.25, 0.3) is 0 Å². The molecule has 8 heteroatoms. The van der Waals surface area contributed by atoms with Gasteiger partial charge in [-0.2, -0.15) is 5.10 Å². The normalized spacial score (nSPS) is 37.6. The molecule has 5 fully saturated rings. The molecule has 4 bridgehead atoms. The van der Waals surface area contributed by atoms with E-state index in [0.717, 1.165) is 19.3 Å². The number of anilines is 1. The van der Waals surface area contributed by atoms with Crippen molar-refractivity contribution >= 4 is 23.3 Å². The minimum Gasteiger partial charge on any atom is -0.550 e. The molecule has 1 aromatic rings. The first-order valence-corrected chi connectivity index (χ1v) is 10.2. The molecule has 0 aromatic carbocycles. The summed E-state index contributed by atoms with van der Waals surface area (Å²) in [6, 6.07) is 0. The van der Waals surface area contributed by atoms with Crippen LogP contribution in [-0.2, 0) is 15.1 Å². The number of ether oxygens (including phenoxy) is 1. The first-order chi connectivity index (χ1) is 13.0. The Kier molecular flexibility index (Phi) is 4.02. The summed E-state index contributed by atoms with van der Waals surface area (Å²) in [5.41, 5.74) is -0.567. The van der Waals surface area contributed by atoms with Gasteiger partial charge in [-0.3, -0.25) is 4.79 Å². The average molecular weight is 393 g/mol. The van der Waals surface area contributed by atoms with Gasteiger partial charge in [0, 0.05) is 25.0 Å². The summed E-state index contributed by atoms with van der Waals surface area (Å²) >= 11 is 6.48. The maximum atomic E-state index is 13.2. The van der Waals surface area contributed by atoms with E-state index in [-0.39, 0.29) is 16.5 Å². The predicted octanol–water partition coefficient (Wildman–Crippen LogP) is 0.635. The van der Waals surface area contributed by atoms with Gasteiger partial charge < -0.3 is 19.5 Å². The number of carboxylic acids is 1. The predicted molar refractivity (Wildman–Crippen MR) is 96.6 cm³/mol. The Morgan fingerprint density at radius 2 is 1.89 bits per heavy atom. The van der Waals surface area contributed by atoms with E-state index in [9.17, 15) is 14.7 Å². The molecule has 27 heavy (non-hydrogen) atoms. The topological polar surface area (TPSA) is 87.5 Å². The Morgan fingerprint density at radius 1 is 1.22 bits per heavy atom. The largest absolute Gasteiger partial charge is 0.550 e. The second kappa shape index (κ2) is 6.21. The number of carboxylic acid groups (broad SMARTS) is 1. The molecule has 0 spiro atoms. The van der Waals surface area contributed by atoms with Crippen LogP contribution < -0.4 is 15.6 Å². The van der Waals surface area contributed by atoms with E-state index in [0.29, 0.717) is 56.7 Å². The van der Waals surface area contributed by atoms with Crippen molar-refractivity contribution in [1.82, 2.24) is 9.78 Å². The number of aliphatic carboxylic acids is 1. The van der Waals surface area contributed by atoms with Gasteiger partial charge in [-0.05, 0) is 49.9 Å². The van der Waals surface area contributed by atoms with E-state index in [4.69, 9.17) is 16.3 Å². The monoisotopic (exact) mass is 392 g/mol. The zero-order valence-electron chi connectivity index (χ0n) is 15.1. The molecule has 1 aromatic heterocycles. The Labute approximate surface area is 162 Å². The third-order valence-corrected chi connectivity index (χ3v) is 7.56. The SMILES string of the molecule is O=C([O-])[C@H]1C2C[C@@H]3C[C@H](C2)CC1(n1ncc(N2CCOCC2)c(Cl)c1=O)C3. The summed E-state index contributed by atoms with van der Waals surface area (Å²) in [4.78, 5) is 27.3. The van der Waals surface area contributed by atoms with Crippen molar-refractivity contribution in [2.45, 2.75) is 37.6 Å². The van der Waals surface area contributed by atoms with Gasteiger partial charge in [0.1, 0.15) is 5.02 Å². The van der Waals surface area contributed by atoms with Gasteiger partial charge in [0.25, 0.3) is 5.56 Å². The number of hydrogen-bond acceptors (Lipinski definition) is 6. The van der Waals surface area contributed by atoms with E-state index in [2.05, 4.69) is 5.10 Å². The lowest BCUT2D eigenvalue weighted by Gasteiger charge is -2.61. The molecule has 0 N–H and O–H groups in total. The molecule has 7 nitrogen and oxygen atoms in total. The summed E-state index contributed by atoms with van der Waals surface area (Å²) in [6.45, 7) is 2.48. The number of carbonyl (C=O) groups is 1. The van der Waals surface area contributed by atoms with Crippen LogP contribution in [0, 0.1) is 23.7 Å². The Bertz CT molecular complexity index is 821. The van der Waals surface area contributed by atoms with Gasteiger partial charge >= 0.3 is 0 Å². The molecule has 6 rings (SSSR count). The molecule has 1 saturated heterocycles. The molecular weight excluding hydrogens is 370 g/mol. The van der Waals surface area contributed by atoms with Crippen LogP contribution in [-0.4, -0.2) is 42.1 Å². The second-order valence-electron chi connectivity index (χ2n) is 8.67. The maximum absolute atomic E-state index is 13.2. The van der Waals surface area contributed by atoms with E-state index in [1.54, 1.807) is 6.20 Å². The smallest absolute Gasteiger partial charge is 0.288 e. The van der Waals surface area contributed by atoms with Crippen LogP contribution in [0.2, 0.25) is 5.02 Å². The van der Waals surface area contributed by atoms with Crippen molar-refractivity contribution in [1.29, 1.82) is 0 Å². The van der Waals surface area contributed by atoms with Crippen LogP contribution in [0.4, 0.5) is 5.69 Å². The minimum atomic E-state index is -1.05. The zero-order valence-corrected chi connectivity index (χ0v) is 15.9. The highest BCUT2D eigenvalue weighted by atomic mass is 35.5. The van der Waals surface area contributed by atoms with Crippen LogP contribution in [0.1, 0.15) is 32.1 Å². The van der Waals surface area contributed by atoms with Crippen LogP contribution in [0.3, 0.4) is 0 Å². The number of halogens is 1. The molecule has 0 radical (unpaired) electrons. The fourth-order valence-corrected chi connectivity index (χ4v) is 6.73. The van der Waals surface area contributed by atoms with E-state index in [1.807, 2.05) is 4.90 Å². The average Bonchev–Trinajstić information content (AvgIpc) is 2.63. The van der Waals surface area contributed by atoms with Crippen molar-refractivity contribution in [3.63, 3.8) is 0 Å². The molecule has 2 unspecified atom stereocenters. The van der Waals surface area contributed by atoms with Crippen molar-refractivity contribution in [3.05, 3.63) is 21.6 Å². The Balaban J connectivity index is 1.60. The van der Waals surface area contributed by atoms with Crippen molar-refractivity contribution < 1.29 is 14.6 Å². The van der Waals surface area contributed by atoms with Crippen LogP contribution >= 0.6 is 11.6 Å². The summed E-state index contributed by atoms with van der Waals surface area (Å²) in [6.07, 6.45) is 5.96. The number of morpholine rings is 1. The number of rotatable bonds is 3. The summed E-state index contributed by atoms with van der Waals surface area (Å²) in [5, 5.41) is 16.7. The molecule has 0 amide bonds. The highest BCUT2D eigenvalue weighted by molar-refractivity contribution is 6.33. The highest BCUT2D eigenvalue weighted by Gasteiger charge is 2.59. The van der Waals surface area contributed by atoms with Crippen LogP contribution in [0.5, 0.6) is 0 Å². The summed E-state index contributed by atoms with van der Waals surface area (Å²) < 4.78 is 6.77. The lowest BCUT2D eigenvalue weighted by molar-refractivity contribution is -0.323. The summed E-state index contributed by atoms with van der Waals surface area (Å²) in [7, 11) is 0. The van der Waals surface area contributed by atoms with Crippen molar-refractivity contribution in [3.8, 4) is 0 Å². The van der Waals surface area contributed by atoms with Crippen molar-refractivity contribution in [2.75, 3.05) is 31.2 Å². The Hall–Kier alpha value is -1.60. The van der Waals surface area contributed by atoms with E-state index >= 15 is 0 Å². The molecule has 4 saturated carbocycles. The number of carbonyl (C=O) groups excluding carboxylic acids is 1. The fraction of sp³-hybridized carbons (Fsp3) is 0.737. The first-order valence-electron chi connectivity index (χ1n) is 9.81. The molecule has 2 heterocycles. The van der Waals surface area contributed by atoms with Gasteiger partial charge in [0.05, 0.1) is 30.6 Å². The molecular formula is C19H23ClN3O4-. The van der Waals surface area contributed by atoms with E-state index in [1.165, 1.54) is 4.68 Å². The second-order valence-corrected chi connectivity index (χ2v) is 9.05. The lowest BCUT2D eigenvalue weighted by Crippen LogP contribution is -2.65. The zero-order chi connectivity index (χ0) is 18.8. The highest BCUT2D eigenvalue weighted by Crippen LogP contribution is 2.61. The lowest BCUT2D eigenvalue weighted by atomic mass is 9.48. The third-order valence-electron chi connectivity index (χ3n) is 7.20. The molecule has 1 aliphatic heterocycles. The molecule has 5 atom stereocenters. The van der Waals surface area contributed by atoms with Gasteiger partial charge in [0.15, 0.2) is 0 Å². The third kappa shape index (κ3) is 2.54. The Morgan fingerprint density at radius 3 is 2.52 bits per heavy atom. The molecule has 146 valence electrons. The molecule has 5 aliphatic rings. The molecule has 4 aliphatic carbocycles. The quantitative estimate of drug-likeness (QED) is 0.750. The van der Waals surface area contributed by atoms with Gasteiger partial charge in [0.2, 0.25) is 0 Å². The van der Waals surface area contributed by atoms with Gasteiger partial charge in [-0.25, -0.2) is 4.68 Å². The van der Waals surface area contributed by atoms with Crippen LogP contribution in [0.15, 0.2) is 11.0 Å². The van der Waals surface area contributed by atoms with Gasteiger partial charge in [-0.1, -0.05) is 11.6 Å². The van der Waals surface area contributed by atoms with Gasteiger partial charge in [-0.15, -0.1) is 0 Å². The standard InChI is InChI=1S/C19H24ClN3O4/c20-16-14(22-1-3-27-4-2-22)10-21-23(17(16)24)19-8-11-5-12(9-19)7-13(6-11)15(19)18(25)26/h10-13,15H,1-9H2,(H,25,26)/p-1/t11-,12+,13?,15-,19?/m1/s1. The minimum absolute atomic E-state index is 0.0765. The van der Waals surface area contributed by atoms with Crippen molar-refractivity contribution in [2.24, 2.45) is 23.7 Å². The number of aromatic nitrogens is 2. The first kappa shape index (κ1) is 17.5. The number of nitrogens with zero attached hydrogens (tertiary/aromatic N) is 3. The summed E-state index contributed by atoms with van der Waals surface area (Å²) in [5.74, 6) is -0.719. The van der Waals surface area contributed by atoms with E-state index < -0.39 is 17.4 Å².